The topological polar surface area (TPSA) is 102 Å². The van der Waals surface area contributed by atoms with Gasteiger partial charge in [-0.15, -0.1) is 0 Å². The van der Waals surface area contributed by atoms with E-state index >= 15 is 0 Å². The van der Waals surface area contributed by atoms with Crippen LogP contribution < -0.4 is 10.6 Å². The number of halogens is 1. The molecule has 1 atom stereocenters. The third-order valence-corrected chi connectivity index (χ3v) is 4.17. The van der Waals surface area contributed by atoms with Crippen molar-refractivity contribution in [2.75, 3.05) is 6.54 Å². The molecule has 0 saturated carbocycles. The number of nitrogens with one attached hydrogen (secondary N) is 3. The number of amides is 2. The van der Waals surface area contributed by atoms with Crippen LogP contribution in [0.1, 0.15) is 16.7 Å². The molecule has 0 aliphatic carbocycles. The summed E-state index contributed by atoms with van der Waals surface area (Å²) in [6.07, 6.45) is 0.713. The highest BCUT2D eigenvalue weighted by molar-refractivity contribution is 7.86. The SMILES string of the molecule is N=S(=O)(O)Cc1ccc(CNC(=O)NCCc2ccccc2)cc1F. The Bertz CT molecular complexity index is 826. The van der Waals surface area contributed by atoms with Crippen molar-refractivity contribution < 1.29 is 17.9 Å². The van der Waals surface area contributed by atoms with Crippen LogP contribution in [-0.2, 0) is 28.7 Å². The first-order valence-corrected chi connectivity index (χ1v) is 9.34. The molecule has 6 nitrogen and oxygen atoms in total. The lowest BCUT2D eigenvalue weighted by molar-refractivity contribution is 0.240. The zero-order valence-electron chi connectivity index (χ0n) is 13.5. The van der Waals surface area contributed by atoms with Crippen molar-refractivity contribution in [3.8, 4) is 0 Å². The van der Waals surface area contributed by atoms with E-state index in [-0.39, 0.29) is 18.1 Å². The fourth-order valence-electron chi connectivity index (χ4n) is 2.24. The molecule has 0 bridgehead atoms. The molecule has 0 spiro atoms. The zero-order valence-corrected chi connectivity index (χ0v) is 14.3. The third kappa shape index (κ3) is 6.90. The molecule has 2 aromatic rings. The van der Waals surface area contributed by atoms with Crippen LogP contribution in [0.3, 0.4) is 0 Å². The van der Waals surface area contributed by atoms with Gasteiger partial charge in [0.05, 0.1) is 5.75 Å². The van der Waals surface area contributed by atoms with Gasteiger partial charge in [0.25, 0.3) is 0 Å². The van der Waals surface area contributed by atoms with E-state index in [1.54, 1.807) is 6.07 Å². The van der Waals surface area contributed by atoms with Crippen molar-refractivity contribution in [1.82, 2.24) is 10.6 Å². The van der Waals surface area contributed by atoms with E-state index in [1.165, 1.54) is 12.1 Å². The molecule has 2 rings (SSSR count). The first kappa shape index (κ1) is 18.9. The molecule has 0 radical (unpaired) electrons. The highest BCUT2D eigenvalue weighted by Gasteiger charge is 2.10. The average molecular weight is 365 g/mol. The Balaban J connectivity index is 1.78. The fourth-order valence-corrected chi connectivity index (χ4v) is 2.89. The number of hydrogen-bond acceptors (Lipinski definition) is 3. The summed E-state index contributed by atoms with van der Waals surface area (Å²) in [7, 11) is -3.79. The second kappa shape index (κ2) is 8.59. The molecule has 0 saturated heterocycles. The minimum absolute atomic E-state index is 0.00133. The molecule has 0 aliphatic heterocycles. The van der Waals surface area contributed by atoms with Gasteiger partial charge in [0.1, 0.15) is 5.82 Å². The Morgan fingerprint density at radius 2 is 1.84 bits per heavy atom. The van der Waals surface area contributed by atoms with Gasteiger partial charge in [-0.3, -0.25) is 0 Å². The normalized spacial score (nSPS) is 13.0. The number of benzene rings is 2. The first-order valence-electron chi connectivity index (χ1n) is 7.65. The molecule has 1 unspecified atom stereocenters. The van der Waals surface area contributed by atoms with Gasteiger partial charge in [0.2, 0.25) is 0 Å². The number of carbonyl (C=O) groups excluding carboxylic acids is 1. The summed E-state index contributed by atoms with van der Waals surface area (Å²) >= 11 is 0. The minimum atomic E-state index is -3.79. The predicted octanol–water partition coefficient (Wildman–Crippen LogP) is 2.89. The minimum Gasteiger partial charge on any atom is -0.338 e. The Morgan fingerprint density at radius 1 is 1.12 bits per heavy atom. The lowest BCUT2D eigenvalue weighted by Crippen LogP contribution is -2.36. The number of hydrogen-bond donors (Lipinski definition) is 4. The Labute approximate surface area is 146 Å². The van der Waals surface area contributed by atoms with Crippen molar-refractivity contribution in [2.45, 2.75) is 18.7 Å². The monoisotopic (exact) mass is 365 g/mol. The molecule has 0 aromatic heterocycles. The summed E-state index contributed by atoms with van der Waals surface area (Å²) in [5.74, 6) is -1.23. The molecule has 134 valence electrons. The maximum atomic E-state index is 13.8. The molecular formula is C17H20FN3O3S. The molecule has 4 N–H and O–H groups in total. The Kier molecular flexibility index (Phi) is 6.49. The molecular weight excluding hydrogens is 345 g/mol. The number of urea groups is 1. The Hall–Kier alpha value is -2.45. The predicted molar refractivity (Wildman–Crippen MR) is 94.0 cm³/mol. The fraction of sp³-hybridized carbons (Fsp3) is 0.235. The van der Waals surface area contributed by atoms with Crippen LogP contribution in [0.2, 0.25) is 0 Å². The standard InChI is InChI=1S/C17H20FN3O3S/c18-16-10-14(6-7-15(16)12-25(19,23)24)11-21-17(22)20-9-8-13-4-2-1-3-5-13/h1-7,10H,8-9,11-12H2,(H2,19,23,24)(H2,20,21,22). The van der Waals surface area contributed by atoms with Crippen molar-refractivity contribution in [3.05, 3.63) is 71.0 Å². The summed E-state index contributed by atoms with van der Waals surface area (Å²) in [4.78, 5) is 11.7. The van der Waals surface area contributed by atoms with Gasteiger partial charge in [-0.1, -0.05) is 42.5 Å². The van der Waals surface area contributed by atoms with Crippen molar-refractivity contribution >= 4 is 16.0 Å². The lowest BCUT2D eigenvalue weighted by Gasteiger charge is -2.09. The van der Waals surface area contributed by atoms with Crippen molar-refractivity contribution in [2.24, 2.45) is 0 Å². The lowest BCUT2D eigenvalue weighted by atomic mass is 10.1. The quantitative estimate of drug-likeness (QED) is 0.607. The van der Waals surface area contributed by atoms with E-state index in [9.17, 15) is 13.4 Å². The molecule has 0 aliphatic rings. The summed E-state index contributed by atoms with van der Waals surface area (Å²) in [6.45, 7) is 0.612. The van der Waals surface area contributed by atoms with Gasteiger partial charge in [-0.2, -0.15) is 0 Å². The maximum Gasteiger partial charge on any atom is 0.315 e. The van der Waals surface area contributed by atoms with Crippen LogP contribution in [0.15, 0.2) is 48.5 Å². The van der Waals surface area contributed by atoms with Crippen LogP contribution in [-0.4, -0.2) is 21.3 Å². The van der Waals surface area contributed by atoms with Gasteiger partial charge in [0.15, 0.2) is 10.0 Å². The molecule has 0 heterocycles. The first-order chi connectivity index (χ1) is 11.8. The molecule has 2 aromatic carbocycles. The second-order valence-electron chi connectivity index (χ2n) is 5.56. The van der Waals surface area contributed by atoms with E-state index < -0.39 is 21.6 Å². The number of carbonyl (C=O) groups is 1. The van der Waals surface area contributed by atoms with E-state index in [2.05, 4.69) is 10.6 Å². The molecule has 8 heteroatoms. The van der Waals surface area contributed by atoms with E-state index in [4.69, 9.17) is 9.33 Å². The highest BCUT2D eigenvalue weighted by Crippen LogP contribution is 2.13. The van der Waals surface area contributed by atoms with Crippen LogP contribution in [0.4, 0.5) is 9.18 Å². The van der Waals surface area contributed by atoms with Crippen LogP contribution in [0, 0.1) is 10.6 Å². The Morgan fingerprint density at radius 3 is 2.48 bits per heavy atom. The van der Waals surface area contributed by atoms with E-state index in [0.717, 1.165) is 5.56 Å². The molecule has 25 heavy (non-hydrogen) atoms. The van der Waals surface area contributed by atoms with Gasteiger partial charge in [0, 0.05) is 18.7 Å². The van der Waals surface area contributed by atoms with Gasteiger partial charge in [-0.25, -0.2) is 18.2 Å². The zero-order chi connectivity index (χ0) is 18.3. The van der Waals surface area contributed by atoms with Gasteiger partial charge >= 0.3 is 6.03 Å². The van der Waals surface area contributed by atoms with Crippen LogP contribution in [0.25, 0.3) is 0 Å². The summed E-state index contributed by atoms with van der Waals surface area (Å²) in [5, 5.41) is 5.34. The van der Waals surface area contributed by atoms with Crippen molar-refractivity contribution in [1.29, 1.82) is 4.78 Å². The molecule has 2 amide bonds. The average Bonchev–Trinajstić information content (AvgIpc) is 2.55. The smallest absolute Gasteiger partial charge is 0.315 e. The summed E-state index contributed by atoms with van der Waals surface area (Å²) < 4.78 is 40.8. The van der Waals surface area contributed by atoms with E-state index in [0.29, 0.717) is 18.5 Å². The van der Waals surface area contributed by atoms with Crippen molar-refractivity contribution in [3.63, 3.8) is 0 Å². The largest absolute Gasteiger partial charge is 0.338 e. The second-order valence-corrected chi connectivity index (χ2v) is 7.13. The van der Waals surface area contributed by atoms with Crippen LogP contribution >= 0.6 is 0 Å². The van der Waals surface area contributed by atoms with Gasteiger partial charge < -0.3 is 15.2 Å². The van der Waals surface area contributed by atoms with Crippen LogP contribution in [0.5, 0.6) is 0 Å². The van der Waals surface area contributed by atoms with Gasteiger partial charge in [-0.05, 0) is 23.6 Å². The summed E-state index contributed by atoms with van der Waals surface area (Å²) in [5.41, 5.74) is 1.64. The maximum absolute atomic E-state index is 13.8. The third-order valence-electron chi connectivity index (χ3n) is 3.46. The summed E-state index contributed by atoms with van der Waals surface area (Å²) in [6, 6.07) is 13.5. The molecule has 0 fully saturated rings. The van der Waals surface area contributed by atoms with E-state index in [1.807, 2.05) is 30.3 Å². The number of rotatable bonds is 7. The highest BCUT2D eigenvalue weighted by atomic mass is 32.2.